The maximum atomic E-state index is 0. The zero-order valence-electron chi connectivity index (χ0n) is 2.00. The molecule has 0 radical (unpaired) electrons. The molecule has 4 heavy (non-hydrogen) atoms. The Morgan fingerprint density at radius 3 is 0.750 bits per heavy atom. The third-order valence-corrected chi connectivity index (χ3v) is 0. The van der Waals surface area contributed by atoms with Crippen LogP contribution < -0.4 is 0 Å². The van der Waals surface area contributed by atoms with Crippen molar-refractivity contribution < 1.29 is 78.9 Å². The van der Waals surface area contributed by atoms with Crippen molar-refractivity contribution in [3.63, 3.8) is 0 Å². The molecule has 0 aromatic heterocycles. The fourth-order valence-corrected chi connectivity index (χ4v) is 0. The van der Waals surface area contributed by atoms with Gasteiger partial charge in [0.2, 0.25) is 0 Å². The zero-order chi connectivity index (χ0) is 0. The molecule has 24 valence electrons. The van der Waals surface area contributed by atoms with Gasteiger partial charge in [0.25, 0.3) is 0 Å². The van der Waals surface area contributed by atoms with E-state index in [2.05, 4.69) is 0 Å². The van der Waals surface area contributed by atoms with Crippen molar-refractivity contribution in [1.29, 1.82) is 0 Å². The van der Waals surface area contributed by atoms with Crippen LogP contribution in [-0.2, 0) is 26.2 Å². The molecule has 0 saturated carbocycles. The first-order chi connectivity index (χ1) is 0. The van der Waals surface area contributed by atoms with Crippen LogP contribution in [0.3, 0.4) is 0 Å². The average Bonchev–Trinajstić information content (AvgIpc) is 0. The van der Waals surface area contributed by atoms with Crippen molar-refractivity contribution in [3.05, 3.63) is 0 Å². The summed E-state index contributed by atoms with van der Waals surface area (Å²) < 4.78 is 0. The first-order valence-electron chi connectivity index (χ1n) is 0. The van der Waals surface area contributed by atoms with Crippen LogP contribution in [0.25, 0.3) is 0 Å². The summed E-state index contributed by atoms with van der Waals surface area (Å²) in [5.74, 6) is 0. The molecule has 0 atom stereocenters. The second-order valence-electron chi connectivity index (χ2n) is 0. The molecule has 4 heteroatoms. The zero-order valence-corrected chi connectivity index (χ0v) is 7.60. The van der Waals surface area contributed by atoms with Crippen LogP contribution in [-0.4, -0.2) is 11.0 Å². The molecular formula is H4CeO2Zr. The molecule has 0 aliphatic carbocycles. The van der Waals surface area contributed by atoms with Crippen LogP contribution in [0, 0.1) is 41.7 Å². The first kappa shape index (κ1) is 34.9. The van der Waals surface area contributed by atoms with Gasteiger partial charge in [0.15, 0.2) is 0 Å². The molecule has 0 unspecified atom stereocenters. The van der Waals surface area contributed by atoms with Gasteiger partial charge in [-0.3, -0.25) is 0 Å². The van der Waals surface area contributed by atoms with E-state index in [0.717, 1.165) is 0 Å². The number of hydrogen-bond donors (Lipinski definition) is 0. The minimum absolute atomic E-state index is 0. The van der Waals surface area contributed by atoms with Gasteiger partial charge in [-0.25, -0.2) is 0 Å². The third-order valence-electron chi connectivity index (χ3n) is 0. The van der Waals surface area contributed by atoms with Gasteiger partial charge >= 0.3 is 0 Å². The van der Waals surface area contributed by atoms with Crippen LogP contribution in [0.1, 0.15) is 0 Å². The summed E-state index contributed by atoms with van der Waals surface area (Å²) in [7, 11) is 0. The molecule has 0 heterocycles. The molecule has 0 fully saturated rings. The van der Waals surface area contributed by atoms with E-state index >= 15 is 0 Å². The first-order valence-corrected chi connectivity index (χ1v) is 0. The van der Waals surface area contributed by atoms with Crippen LogP contribution in [0.4, 0.5) is 0 Å². The van der Waals surface area contributed by atoms with Crippen LogP contribution in [0.15, 0.2) is 0 Å². The fraction of sp³-hybridized carbons (Fsp3) is 0. The standard InChI is InChI=1S/Ce.2H2O.Zr/h;2*1H2;. The molecule has 0 aromatic carbocycles. The fourth-order valence-electron chi connectivity index (χ4n) is 0. The van der Waals surface area contributed by atoms with E-state index in [0.29, 0.717) is 0 Å². The summed E-state index contributed by atoms with van der Waals surface area (Å²) in [5.41, 5.74) is 0. The predicted octanol–water partition coefficient (Wildman–Crippen LogP) is -1.65. The Labute approximate surface area is 77.5 Å². The van der Waals surface area contributed by atoms with Crippen molar-refractivity contribution >= 4 is 0 Å². The topological polar surface area (TPSA) is 63.0 Å². The monoisotopic (exact) mass is 266 g/mol. The van der Waals surface area contributed by atoms with E-state index in [1.807, 2.05) is 0 Å². The SMILES string of the molecule is O.O.[Ce].[Zr]. The number of hydrogen-bond acceptors (Lipinski definition) is 0. The second kappa shape index (κ2) is 19.0. The summed E-state index contributed by atoms with van der Waals surface area (Å²) >= 11 is 0. The van der Waals surface area contributed by atoms with Crippen molar-refractivity contribution in [2.75, 3.05) is 0 Å². The third kappa shape index (κ3) is 8.89. The Bertz CT molecular complexity index is 6.00. The van der Waals surface area contributed by atoms with Gasteiger partial charge in [-0.15, -0.1) is 0 Å². The molecule has 4 N–H and O–H groups in total. The molecule has 0 aliphatic heterocycles. The van der Waals surface area contributed by atoms with E-state index in [-0.39, 0.29) is 78.9 Å². The molecule has 0 aliphatic rings. The van der Waals surface area contributed by atoms with Crippen LogP contribution >= 0.6 is 0 Å². The molecular weight excluding hydrogens is 263 g/mol. The summed E-state index contributed by atoms with van der Waals surface area (Å²) in [6, 6.07) is 0. The van der Waals surface area contributed by atoms with Gasteiger partial charge in [-0.05, 0) is 0 Å². The maximum Gasteiger partial charge on any atom is 0 e. The minimum Gasteiger partial charge on any atom is -0.412 e. The second-order valence-corrected chi connectivity index (χ2v) is 0. The van der Waals surface area contributed by atoms with Crippen molar-refractivity contribution in [3.8, 4) is 0 Å². The molecule has 2 nitrogen and oxygen atoms in total. The van der Waals surface area contributed by atoms with Crippen LogP contribution in [0.2, 0.25) is 0 Å². The Kier molecular flexibility index (Phi) is 166. The normalized spacial score (nSPS) is 0. The van der Waals surface area contributed by atoms with Gasteiger partial charge in [0, 0.05) is 68.0 Å². The Hall–Kier alpha value is 2.18. The summed E-state index contributed by atoms with van der Waals surface area (Å²) in [6.45, 7) is 0. The number of rotatable bonds is 0. The molecule has 0 saturated heterocycles. The van der Waals surface area contributed by atoms with E-state index in [4.69, 9.17) is 0 Å². The van der Waals surface area contributed by atoms with Gasteiger partial charge < -0.3 is 11.0 Å². The molecule has 0 amide bonds. The predicted molar refractivity (Wildman–Crippen MR) is 7.23 cm³/mol. The van der Waals surface area contributed by atoms with E-state index < -0.39 is 0 Å². The Morgan fingerprint density at radius 2 is 0.750 bits per heavy atom. The summed E-state index contributed by atoms with van der Waals surface area (Å²) in [6.07, 6.45) is 0. The van der Waals surface area contributed by atoms with Crippen LogP contribution in [0.5, 0.6) is 0 Å². The van der Waals surface area contributed by atoms with Gasteiger partial charge in [-0.1, -0.05) is 0 Å². The van der Waals surface area contributed by atoms with E-state index in [9.17, 15) is 0 Å². The summed E-state index contributed by atoms with van der Waals surface area (Å²) in [4.78, 5) is 0. The minimum atomic E-state index is 0. The smallest absolute Gasteiger partial charge is 0 e. The van der Waals surface area contributed by atoms with Gasteiger partial charge in [0.1, 0.15) is 0 Å². The van der Waals surface area contributed by atoms with Gasteiger partial charge in [-0.2, -0.15) is 0 Å². The summed E-state index contributed by atoms with van der Waals surface area (Å²) in [5, 5.41) is 0. The molecule has 0 rings (SSSR count). The Balaban J connectivity index is 0. The largest absolute Gasteiger partial charge is 0.412 e. The molecule has 0 aromatic rings. The van der Waals surface area contributed by atoms with E-state index in [1.54, 1.807) is 0 Å². The van der Waals surface area contributed by atoms with Crippen molar-refractivity contribution in [1.82, 2.24) is 0 Å². The average molecular weight is 267 g/mol. The Morgan fingerprint density at radius 1 is 0.750 bits per heavy atom. The quantitative estimate of drug-likeness (QED) is 0.505. The van der Waals surface area contributed by atoms with Crippen molar-refractivity contribution in [2.24, 2.45) is 0 Å². The van der Waals surface area contributed by atoms with Gasteiger partial charge in [0.05, 0.1) is 0 Å². The molecule has 0 spiro atoms. The van der Waals surface area contributed by atoms with E-state index in [1.165, 1.54) is 0 Å². The molecule has 0 bridgehead atoms. The van der Waals surface area contributed by atoms with Crippen molar-refractivity contribution in [2.45, 2.75) is 0 Å². The maximum absolute atomic E-state index is 0.